The van der Waals surface area contributed by atoms with Gasteiger partial charge in [-0.05, 0) is 37.6 Å². The Hall–Kier alpha value is -0.830. The molecule has 1 N–H and O–H groups in total. The molecule has 2 heterocycles. The lowest BCUT2D eigenvalue weighted by atomic mass is 9.87. The molecule has 2 atom stereocenters. The topological polar surface area (TPSA) is 29.9 Å². The SMILES string of the molecule is CC1(C)CCCC1n1cncc1[C@@H]1CCCN1. The lowest BCUT2D eigenvalue weighted by molar-refractivity contribution is 0.253. The fourth-order valence-corrected chi connectivity index (χ4v) is 3.61. The van der Waals surface area contributed by atoms with Crippen LogP contribution in [-0.4, -0.2) is 16.1 Å². The fourth-order valence-electron chi connectivity index (χ4n) is 3.61. The van der Waals surface area contributed by atoms with Crippen LogP contribution in [0.4, 0.5) is 0 Å². The smallest absolute Gasteiger partial charge is 0.0951 e. The second-order valence-corrected chi connectivity index (χ2v) is 6.27. The van der Waals surface area contributed by atoms with Crippen molar-refractivity contribution in [2.75, 3.05) is 6.54 Å². The van der Waals surface area contributed by atoms with Crippen LogP contribution < -0.4 is 5.32 Å². The van der Waals surface area contributed by atoms with Crippen LogP contribution in [-0.2, 0) is 0 Å². The maximum absolute atomic E-state index is 4.40. The van der Waals surface area contributed by atoms with Gasteiger partial charge in [-0.1, -0.05) is 20.3 Å². The predicted octanol–water partition coefficient (Wildman–Crippen LogP) is 3.06. The molecular weight excluding hydrogens is 210 g/mol. The van der Waals surface area contributed by atoms with Crippen LogP contribution in [0.3, 0.4) is 0 Å². The van der Waals surface area contributed by atoms with Crippen molar-refractivity contribution in [1.29, 1.82) is 0 Å². The van der Waals surface area contributed by atoms with E-state index in [-0.39, 0.29) is 0 Å². The Morgan fingerprint density at radius 3 is 2.88 bits per heavy atom. The molecule has 3 nitrogen and oxygen atoms in total. The second kappa shape index (κ2) is 4.13. The summed E-state index contributed by atoms with van der Waals surface area (Å²) in [6.45, 7) is 5.96. The van der Waals surface area contributed by atoms with Gasteiger partial charge in [0, 0.05) is 18.3 Å². The predicted molar refractivity (Wildman–Crippen MR) is 68.9 cm³/mol. The molecule has 1 saturated carbocycles. The van der Waals surface area contributed by atoms with Crippen molar-refractivity contribution in [2.45, 2.75) is 58.0 Å². The van der Waals surface area contributed by atoms with Gasteiger partial charge < -0.3 is 9.88 Å². The third kappa shape index (κ3) is 1.90. The molecule has 0 radical (unpaired) electrons. The molecule has 17 heavy (non-hydrogen) atoms. The molecule has 1 aromatic rings. The molecule has 1 aromatic heterocycles. The van der Waals surface area contributed by atoms with Crippen molar-refractivity contribution in [2.24, 2.45) is 5.41 Å². The van der Waals surface area contributed by atoms with E-state index in [0.717, 1.165) is 6.54 Å². The van der Waals surface area contributed by atoms with Crippen molar-refractivity contribution in [1.82, 2.24) is 14.9 Å². The summed E-state index contributed by atoms with van der Waals surface area (Å²) in [5, 5.41) is 3.59. The Bertz CT molecular complexity index is 388. The summed E-state index contributed by atoms with van der Waals surface area (Å²) in [5.74, 6) is 0. The van der Waals surface area contributed by atoms with Crippen LogP contribution in [0, 0.1) is 5.41 Å². The van der Waals surface area contributed by atoms with Crippen molar-refractivity contribution in [3.63, 3.8) is 0 Å². The molecule has 0 bridgehead atoms. The molecule has 1 aliphatic carbocycles. The summed E-state index contributed by atoms with van der Waals surface area (Å²) in [6.07, 6.45) is 10.7. The van der Waals surface area contributed by atoms with Crippen LogP contribution in [0.25, 0.3) is 0 Å². The largest absolute Gasteiger partial charge is 0.330 e. The van der Waals surface area contributed by atoms with Gasteiger partial charge in [0.2, 0.25) is 0 Å². The van der Waals surface area contributed by atoms with E-state index in [1.54, 1.807) is 0 Å². The van der Waals surface area contributed by atoms with Crippen molar-refractivity contribution in [3.05, 3.63) is 18.2 Å². The van der Waals surface area contributed by atoms with Gasteiger partial charge >= 0.3 is 0 Å². The van der Waals surface area contributed by atoms with Gasteiger partial charge in [-0.3, -0.25) is 0 Å². The molecule has 2 fully saturated rings. The minimum Gasteiger partial charge on any atom is -0.330 e. The number of imidazole rings is 1. The highest BCUT2D eigenvalue weighted by atomic mass is 15.1. The minimum absolute atomic E-state index is 0.425. The van der Waals surface area contributed by atoms with E-state index < -0.39 is 0 Å². The molecule has 2 aliphatic rings. The van der Waals surface area contributed by atoms with Gasteiger partial charge in [0.25, 0.3) is 0 Å². The highest BCUT2D eigenvalue weighted by molar-refractivity contribution is 5.10. The highest BCUT2D eigenvalue weighted by Gasteiger charge is 2.37. The monoisotopic (exact) mass is 233 g/mol. The summed E-state index contributed by atoms with van der Waals surface area (Å²) in [7, 11) is 0. The normalized spacial score (nSPS) is 32.1. The zero-order valence-electron chi connectivity index (χ0n) is 10.9. The first-order chi connectivity index (χ1) is 8.18. The van der Waals surface area contributed by atoms with Crippen LogP contribution in [0.2, 0.25) is 0 Å². The third-order valence-electron chi connectivity index (χ3n) is 4.65. The summed E-state index contributed by atoms with van der Waals surface area (Å²) >= 11 is 0. The van der Waals surface area contributed by atoms with E-state index in [1.165, 1.54) is 37.8 Å². The van der Waals surface area contributed by atoms with Gasteiger partial charge in [-0.2, -0.15) is 0 Å². The van der Waals surface area contributed by atoms with Crippen LogP contribution in [0.15, 0.2) is 12.5 Å². The number of rotatable bonds is 2. The Labute approximate surface area is 104 Å². The van der Waals surface area contributed by atoms with E-state index in [1.807, 2.05) is 6.33 Å². The molecule has 3 heteroatoms. The molecule has 0 spiro atoms. The molecular formula is C14H23N3. The van der Waals surface area contributed by atoms with Crippen LogP contribution in [0.5, 0.6) is 0 Å². The Kier molecular flexibility index (Phi) is 2.74. The van der Waals surface area contributed by atoms with E-state index in [4.69, 9.17) is 0 Å². The average Bonchev–Trinajstić information content (AvgIpc) is 2.94. The van der Waals surface area contributed by atoms with Gasteiger partial charge in [-0.15, -0.1) is 0 Å². The van der Waals surface area contributed by atoms with E-state index >= 15 is 0 Å². The number of hydrogen-bond acceptors (Lipinski definition) is 2. The summed E-state index contributed by atoms with van der Waals surface area (Å²) < 4.78 is 2.45. The fraction of sp³-hybridized carbons (Fsp3) is 0.786. The Balaban J connectivity index is 1.90. The van der Waals surface area contributed by atoms with Gasteiger partial charge in [0.15, 0.2) is 0 Å². The summed E-state index contributed by atoms with van der Waals surface area (Å²) in [6, 6.07) is 1.18. The van der Waals surface area contributed by atoms with Crippen molar-refractivity contribution in [3.8, 4) is 0 Å². The summed E-state index contributed by atoms with van der Waals surface area (Å²) in [4.78, 5) is 4.40. The van der Waals surface area contributed by atoms with E-state index in [0.29, 0.717) is 17.5 Å². The second-order valence-electron chi connectivity index (χ2n) is 6.27. The summed E-state index contributed by atoms with van der Waals surface area (Å²) in [5.41, 5.74) is 1.83. The molecule has 1 unspecified atom stereocenters. The van der Waals surface area contributed by atoms with Gasteiger partial charge in [-0.25, -0.2) is 4.98 Å². The van der Waals surface area contributed by atoms with Crippen molar-refractivity contribution >= 4 is 0 Å². The molecule has 0 aromatic carbocycles. The maximum atomic E-state index is 4.40. The molecule has 1 aliphatic heterocycles. The first-order valence-electron chi connectivity index (χ1n) is 6.93. The average molecular weight is 233 g/mol. The zero-order chi connectivity index (χ0) is 11.9. The van der Waals surface area contributed by atoms with E-state index in [2.05, 4.69) is 34.9 Å². The first kappa shape index (κ1) is 11.3. The minimum atomic E-state index is 0.425. The van der Waals surface area contributed by atoms with E-state index in [9.17, 15) is 0 Å². The number of hydrogen-bond donors (Lipinski definition) is 1. The number of aromatic nitrogens is 2. The number of nitrogens with zero attached hydrogens (tertiary/aromatic N) is 2. The standard InChI is InChI=1S/C14H23N3/c1-14(2)7-3-6-13(14)17-10-15-9-12(17)11-5-4-8-16-11/h9-11,13,16H,3-8H2,1-2H3/t11-,13?/m0/s1. The Morgan fingerprint density at radius 1 is 1.35 bits per heavy atom. The molecule has 94 valence electrons. The molecule has 3 rings (SSSR count). The number of nitrogens with one attached hydrogen (secondary N) is 1. The quantitative estimate of drug-likeness (QED) is 0.851. The van der Waals surface area contributed by atoms with Gasteiger partial charge in [0.1, 0.15) is 0 Å². The van der Waals surface area contributed by atoms with Gasteiger partial charge in [0.05, 0.1) is 12.0 Å². The third-order valence-corrected chi connectivity index (χ3v) is 4.65. The first-order valence-corrected chi connectivity index (χ1v) is 6.93. The lowest BCUT2D eigenvalue weighted by Crippen LogP contribution is -2.25. The van der Waals surface area contributed by atoms with Crippen molar-refractivity contribution < 1.29 is 0 Å². The molecule has 1 saturated heterocycles. The highest BCUT2D eigenvalue weighted by Crippen LogP contribution is 2.46. The lowest BCUT2D eigenvalue weighted by Gasteiger charge is -2.30. The van der Waals surface area contributed by atoms with Crippen LogP contribution in [0.1, 0.15) is 63.7 Å². The zero-order valence-corrected chi connectivity index (χ0v) is 10.9. The van der Waals surface area contributed by atoms with Crippen LogP contribution >= 0.6 is 0 Å². The Morgan fingerprint density at radius 2 is 2.24 bits per heavy atom. The molecule has 0 amide bonds. The maximum Gasteiger partial charge on any atom is 0.0951 e.